The predicted molar refractivity (Wildman–Crippen MR) is 54.0 cm³/mol. The summed E-state index contributed by atoms with van der Waals surface area (Å²) in [5.41, 5.74) is 2.29. The van der Waals surface area contributed by atoms with Gasteiger partial charge in [-0.25, -0.2) is 0 Å². The van der Waals surface area contributed by atoms with Crippen LogP contribution in [0.4, 0.5) is 0 Å². The van der Waals surface area contributed by atoms with Gasteiger partial charge in [-0.15, -0.1) is 0 Å². The third-order valence-electron chi connectivity index (χ3n) is 2.07. The Bertz CT molecular complexity index is 229. The highest BCUT2D eigenvalue weighted by Crippen LogP contribution is 2.11. The van der Waals surface area contributed by atoms with Crippen molar-refractivity contribution >= 4 is 12.4 Å². The Hall–Kier alpha value is -0.755. The average molecular weight is 162 g/mol. The molecule has 0 aliphatic carbocycles. The van der Waals surface area contributed by atoms with Gasteiger partial charge in [0.2, 0.25) is 0 Å². The van der Waals surface area contributed by atoms with Crippen molar-refractivity contribution in [3.63, 3.8) is 0 Å². The first-order valence-corrected chi connectivity index (χ1v) is 4.39. The standard InChI is InChI=1S/C10H15BO/c1-8(2)9-6-4-5-7-10(9)11(3)12/h4-8,12H,1-3H3. The van der Waals surface area contributed by atoms with E-state index in [0.29, 0.717) is 5.92 Å². The lowest BCUT2D eigenvalue weighted by molar-refractivity contribution is 0.593. The molecule has 0 unspecified atom stereocenters. The van der Waals surface area contributed by atoms with E-state index in [-0.39, 0.29) is 6.92 Å². The van der Waals surface area contributed by atoms with Crippen LogP contribution in [0.5, 0.6) is 0 Å². The van der Waals surface area contributed by atoms with Crippen molar-refractivity contribution in [1.82, 2.24) is 0 Å². The minimum atomic E-state index is -0.358. The second-order valence-electron chi connectivity index (χ2n) is 3.46. The predicted octanol–water partition coefficient (Wildman–Crippen LogP) is 1.63. The molecule has 2 heteroatoms. The second-order valence-corrected chi connectivity index (χ2v) is 3.46. The van der Waals surface area contributed by atoms with Crippen LogP contribution in [-0.2, 0) is 0 Å². The molecule has 0 aromatic heterocycles. The van der Waals surface area contributed by atoms with Crippen LogP contribution in [0, 0.1) is 0 Å². The van der Waals surface area contributed by atoms with E-state index >= 15 is 0 Å². The summed E-state index contributed by atoms with van der Waals surface area (Å²) < 4.78 is 0. The minimum Gasteiger partial charge on any atom is -0.446 e. The van der Waals surface area contributed by atoms with Gasteiger partial charge in [-0.05, 0) is 16.9 Å². The van der Waals surface area contributed by atoms with E-state index in [9.17, 15) is 5.02 Å². The first kappa shape index (κ1) is 9.33. The molecule has 1 aromatic rings. The van der Waals surface area contributed by atoms with E-state index < -0.39 is 0 Å². The molecule has 0 atom stereocenters. The fourth-order valence-electron chi connectivity index (χ4n) is 1.42. The van der Waals surface area contributed by atoms with E-state index in [1.165, 1.54) is 5.56 Å². The summed E-state index contributed by atoms with van der Waals surface area (Å²) in [5, 5.41) is 9.45. The molecule has 0 spiro atoms. The summed E-state index contributed by atoms with van der Waals surface area (Å²) >= 11 is 0. The van der Waals surface area contributed by atoms with E-state index in [0.717, 1.165) is 5.46 Å². The molecule has 0 bridgehead atoms. The average Bonchev–Trinajstić information content (AvgIpc) is 2.04. The molecule has 0 saturated heterocycles. The highest BCUT2D eigenvalue weighted by atomic mass is 16.2. The van der Waals surface area contributed by atoms with Gasteiger partial charge in [0.15, 0.2) is 0 Å². The number of benzene rings is 1. The van der Waals surface area contributed by atoms with Gasteiger partial charge in [0, 0.05) is 0 Å². The summed E-state index contributed by atoms with van der Waals surface area (Å²) in [4.78, 5) is 0. The summed E-state index contributed by atoms with van der Waals surface area (Å²) in [7, 11) is 0. The van der Waals surface area contributed by atoms with Gasteiger partial charge in [0.05, 0.1) is 0 Å². The minimum absolute atomic E-state index is 0.358. The van der Waals surface area contributed by atoms with Gasteiger partial charge >= 0.3 is 6.92 Å². The van der Waals surface area contributed by atoms with Crippen molar-refractivity contribution in [2.75, 3.05) is 0 Å². The zero-order valence-electron chi connectivity index (χ0n) is 7.91. The van der Waals surface area contributed by atoms with E-state index in [1.807, 2.05) is 18.2 Å². The summed E-state index contributed by atoms with van der Waals surface area (Å²) in [6.45, 7) is 5.73. The van der Waals surface area contributed by atoms with Crippen LogP contribution < -0.4 is 5.46 Å². The molecule has 0 amide bonds. The number of rotatable bonds is 2. The molecule has 64 valence electrons. The van der Waals surface area contributed by atoms with Gasteiger partial charge < -0.3 is 5.02 Å². The molecule has 1 aromatic carbocycles. The lowest BCUT2D eigenvalue weighted by Gasteiger charge is -2.12. The zero-order valence-corrected chi connectivity index (χ0v) is 7.91. The third-order valence-corrected chi connectivity index (χ3v) is 2.07. The van der Waals surface area contributed by atoms with Gasteiger partial charge in [0.1, 0.15) is 0 Å². The maximum Gasteiger partial charge on any atom is 0.320 e. The Morgan fingerprint density at radius 1 is 1.25 bits per heavy atom. The normalized spacial score (nSPS) is 10.4. The molecule has 1 nitrogen and oxygen atoms in total. The lowest BCUT2D eigenvalue weighted by atomic mass is 9.61. The highest BCUT2D eigenvalue weighted by molar-refractivity contribution is 6.65. The molecule has 0 aliphatic heterocycles. The largest absolute Gasteiger partial charge is 0.446 e. The van der Waals surface area contributed by atoms with Gasteiger partial charge in [-0.1, -0.05) is 44.9 Å². The lowest BCUT2D eigenvalue weighted by Crippen LogP contribution is -2.30. The molecule has 0 aliphatic rings. The summed E-state index contributed by atoms with van der Waals surface area (Å²) in [5.74, 6) is 0.482. The molecule has 0 heterocycles. The van der Waals surface area contributed by atoms with Crippen LogP contribution >= 0.6 is 0 Å². The molecule has 1 rings (SSSR count). The first-order valence-electron chi connectivity index (χ1n) is 4.39. The van der Waals surface area contributed by atoms with E-state index in [4.69, 9.17) is 0 Å². The van der Waals surface area contributed by atoms with Crippen molar-refractivity contribution in [3.8, 4) is 0 Å². The van der Waals surface area contributed by atoms with Crippen LogP contribution in [0.15, 0.2) is 24.3 Å². The SMILES string of the molecule is CB(O)c1ccccc1C(C)C. The van der Waals surface area contributed by atoms with Crippen LogP contribution in [0.2, 0.25) is 6.82 Å². The van der Waals surface area contributed by atoms with Crippen molar-refractivity contribution < 1.29 is 5.02 Å². The second kappa shape index (κ2) is 3.77. The summed E-state index contributed by atoms with van der Waals surface area (Å²) in [6.07, 6.45) is 0. The topological polar surface area (TPSA) is 20.2 Å². The molecule has 0 fully saturated rings. The fraction of sp³-hybridized carbons (Fsp3) is 0.400. The van der Waals surface area contributed by atoms with Crippen LogP contribution in [0.25, 0.3) is 0 Å². The quantitative estimate of drug-likeness (QED) is 0.655. The van der Waals surface area contributed by atoms with Crippen LogP contribution in [-0.4, -0.2) is 11.9 Å². The maximum atomic E-state index is 9.45. The zero-order chi connectivity index (χ0) is 9.14. The number of hydrogen-bond acceptors (Lipinski definition) is 1. The van der Waals surface area contributed by atoms with E-state index in [2.05, 4.69) is 19.9 Å². The fourth-order valence-corrected chi connectivity index (χ4v) is 1.42. The smallest absolute Gasteiger partial charge is 0.320 e. The van der Waals surface area contributed by atoms with Crippen LogP contribution in [0.1, 0.15) is 25.3 Å². The van der Waals surface area contributed by atoms with Crippen molar-refractivity contribution in [2.45, 2.75) is 26.6 Å². The van der Waals surface area contributed by atoms with Crippen molar-refractivity contribution in [1.29, 1.82) is 0 Å². The Labute approximate surface area is 74.5 Å². The molecular formula is C10H15BO. The van der Waals surface area contributed by atoms with E-state index in [1.54, 1.807) is 6.82 Å². The van der Waals surface area contributed by atoms with Gasteiger partial charge in [-0.2, -0.15) is 0 Å². The van der Waals surface area contributed by atoms with Crippen LogP contribution in [0.3, 0.4) is 0 Å². The van der Waals surface area contributed by atoms with Crippen molar-refractivity contribution in [3.05, 3.63) is 29.8 Å². The molecule has 0 radical (unpaired) electrons. The highest BCUT2D eigenvalue weighted by Gasteiger charge is 2.12. The molecule has 0 saturated carbocycles. The van der Waals surface area contributed by atoms with Gasteiger partial charge in [0.25, 0.3) is 0 Å². The maximum absolute atomic E-state index is 9.45. The molecule has 12 heavy (non-hydrogen) atoms. The molecule has 1 N–H and O–H groups in total. The number of hydrogen-bond donors (Lipinski definition) is 1. The Kier molecular flexibility index (Phi) is 2.93. The Morgan fingerprint density at radius 2 is 1.83 bits per heavy atom. The van der Waals surface area contributed by atoms with Crippen molar-refractivity contribution in [2.24, 2.45) is 0 Å². The first-order chi connectivity index (χ1) is 5.63. The van der Waals surface area contributed by atoms with Gasteiger partial charge in [-0.3, -0.25) is 0 Å². The third kappa shape index (κ3) is 1.89. The Morgan fingerprint density at radius 3 is 2.25 bits per heavy atom. The summed E-state index contributed by atoms with van der Waals surface area (Å²) in [6, 6.07) is 8.04. The molecular weight excluding hydrogens is 147 g/mol. The Balaban J connectivity index is 3.09. The monoisotopic (exact) mass is 162 g/mol.